The third kappa shape index (κ3) is 8.82. The fourth-order valence-corrected chi connectivity index (χ4v) is 3.74. The maximum atomic E-state index is 11.9. The molecule has 0 radical (unpaired) electrons. The van der Waals surface area contributed by atoms with Gasteiger partial charge in [-0.05, 0) is 31.7 Å². The average molecular weight is 569 g/mol. The third-order valence-electron chi connectivity index (χ3n) is 5.53. The van der Waals surface area contributed by atoms with Crippen LogP contribution in [0.4, 0.5) is 4.79 Å². The SMILES string of the molecule is CCOC(=O)N1CCC(NC(=NCCc2ccccc2)NCCn2cnnc2CC)CC1.I. The van der Waals surface area contributed by atoms with E-state index in [4.69, 9.17) is 9.73 Å². The lowest BCUT2D eigenvalue weighted by Gasteiger charge is -2.32. The van der Waals surface area contributed by atoms with E-state index in [0.29, 0.717) is 26.2 Å². The van der Waals surface area contributed by atoms with Crippen molar-refractivity contribution < 1.29 is 9.53 Å². The van der Waals surface area contributed by atoms with E-state index in [1.165, 1.54) is 5.56 Å². The monoisotopic (exact) mass is 569 g/mol. The largest absolute Gasteiger partial charge is 0.450 e. The molecular formula is C23H36IN7O2. The molecule has 1 fully saturated rings. The van der Waals surface area contributed by atoms with E-state index in [2.05, 4.69) is 56.6 Å². The Morgan fingerprint density at radius 1 is 1.21 bits per heavy atom. The van der Waals surface area contributed by atoms with Gasteiger partial charge in [0.25, 0.3) is 0 Å². The average Bonchev–Trinajstić information content (AvgIpc) is 3.28. The maximum absolute atomic E-state index is 11.9. The number of halogens is 1. The Bertz CT molecular complexity index is 852. The Balaban J connectivity index is 0.00000385. The van der Waals surface area contributed by atoms with Gasteiger partial charge in [0.2, 0.25) is 0 Å². The molecule has 1 saturated heterocycles. The highest BCUT2D eigenvalue weighted by Gasteiger charge is 2.24. The summed E-state index contributed by atoms with van der Waals surface area (Å²) in [6.07, 6.45) is 5.02. The van der Waals surface area contributed by atoms with Crippen LogP contribution in [0.25, 0.3) is 0 Å². The second-order valence-electron chi connectivity index (χ2n) is 7.79. The first-order chi connectivity index (χ1) is 15.7. The van der Waals surface area contributed by atoms with Crippen LogP contribution in [0.5, 0.6) is 0 Å². The van der Waals surface area contributed by atoms with E-state index in [1.807, 2.05) is 13.0 Å². The van der Waals surface area contributed by atoms with Crippen molar-refractivity contribution in [3.05, 3.63) is 48.0 Å². The first-order valence-corrected chi connectivity index (χ1v) is 11.6. The van der Waals surface area contributed by atoms with Crippen LogP contribution in [0.3, 0.4) is 0 Å². The van der Waals surface area contributed by atoms with Gasteiger partial charge in [0, 0.05) is 45.2 Å². The molecule has 33 heavy (non-hydrogen) atoms. The van der Waals surface area contributed by atoms with E-state index in [1.54, 1.807) is 11.2 Å². The quantitative estimate of drug-likeness (QED) is 0.274. The van der Waals surface area contributed by atoms with Crippen molar-refractivity contribution >= 4 is 36.0 Å². The van der Waals surface area contributed by atoms with Crippen LogP contribution >= 0.6 is 24.0 Å². The minimum absolute atomic E-state index is 0. The molecule has 0 bridgehead atoms. The number of amides is 1. The summed E-state index contributed by atoms with van der Waals surface area (Å²) in [5.41, 5.74) is 1.27. The number of rotatable bonds is 9. The zero-order valence-electron chi connectivity index (χ0n) is 19.6. The zero-order valence-corrected chi connectivity index (χ0v) is 21.9. The van der Waals surface area contributed by atoms with Crippen molar-refractivity contribution in [2.24, 2.45) is 4.99 Å². The molecule has 2 heterocycles. The first-order valence-electron chi connectivity index (χ1n) is 11.6. The van der Waals surface area contributed by atoms with E-state index in [-0.39, 0.29) is 36.1 Å². The Hall–Kier alpha value is -2.37. The normalized spacial score (nSPS) is 14.5. The van der Waals surface area contributed by atoms with E-state index in [0.717, 1.165) is 50.6 Å². The lowest BCUT2D eigenvalue weighted by Crippen LogP contribution is -2.50. The van der Waals surface area contributed by atoms with Crippen LogP contribution in [0.1, 0.15) is 38.1 Å². The molecular weight excluding hydrogens is 533 g/mol. The van der Waals surface area contributed by atoms with Crippen molar-refractivity contribution in [3.8, 4) is 0 Å². The number of aliphatic imine (C=N–C) groups is 1. The van der Waals surface area contributed by atoms with Gasteiger partial charge >= 0.3 is 6.09 Å². The predicted octanol–water partition coefficient (Wildman–Crippen LogP) is 2.86. The van der Waals surface area contributed by atoms with Gasteiger partial charge < -0.3 is 24.8 Å². The second-order valence-corrected chi connectivity index (χ2v) is 7.79. The van der Waals surface area contributed by atoms with Crippen molar-refractivity contribution in [1.29, 1.82) is 0 Å². The number of hydrogen-bond donors (Lipinski definition) is 2. The number of nitrogens with one attached hydrogen (secondary N) is 2. The number of likely N-dealkylation sites (tertiary alicyclic amines) is 1. The fraction of sp³-hybridized carbons (Fsp3) is 0.565. The number of aromatic nitrogens is 3. The Morgan fingerprint density at radius 2 is 1.97 bits per heavy atom. The zero-order chi connectivity index (χ0) is 22.6. The van der Waals surface area contributed by atoms with E-state index < -0.39 is 0 Å². The van der Waals surface area contributed by atoms with E-state index >= 15 is 0 Å². The number of piperidine rings is 1. The number of aryl methyl sites for hydroxylation is 1. The number of ether oxygens (including phenoxy) is 1. The highest BCUT2D eigenvalue weighted by molar-refractivity contribution is 14.0. The summed E-state index contributed by atoms with van der Waals surface area (Å²) in [6.45, 7) is 7.90. The van der Waals surface area contributed by atoms with E-state index in [9.17, 15) is 4.79 Å². The molecule has 2 N–H and O–H groups in total. The van der Waals surface area contributed by atoms with Crippen molar-refractivity contribution in [2.45, 2.75) is 52.1 Å². The van der Waals surface area contributed by atoms with Crippen LogP contribution in [0.2, 0.25) is 0 Å². The van der Waals surface area contributed by atoms with Gasteiger partial charge in [0.1, 0.15) is 12.2 Å². The summed E-state index contributed by atoms with van der Waals surface area (Å²) < 4.78 is 7.18. The highest BCUT2D eigenvalue weighted by Crippen LogP contribution is 2.11. The van der Waals surface area contributed by atoms with Gasteiger partial charge in [0.15, 0.2) is 5.96 Å². The molecule has 0 saturated carbocycles. The molecule has 0 aliphatic carbocycles. The molecule has 3 rings (SSSR count). The van der Waals surface area contributed by atoms with Crippen molar-refractivity contribution in [1.82, 2.24) is 30.3 Å². The summed E-state index contributed by atoms with van der Waals surface area (Å²) in [7, 11) is 0. The molecule has 2 aromatic rings. The first kappa shape index (κ1) is 26.9. The number of nitrogens with zero attached hydrogens (tertiary/aromatic N) is 5. The third-order valence-corrected chi connectivity index (χ3v) is 5.53. The molecule has 182 valence electrons. The summed E-state index contributed by atoms with van der Waals surface area (Å²) in [6, 6.07) is 10.7. The van der Waals surface area contributed by atoms with Gasteiger partial charge in [-0.1, -0.05) is 37.3 Å². The van der Waals surface area contributed by atoms with Crippen LogP contribution < -0.4 is 10.6 Å². The number of benzene rings is 1. The Morgan fingerprint density at radius 3 is 2.67 bits per heavy atom. The molecule has 1 amide bonds. The standard InChI is InChI=1S/C23H35N7O2.HI/c1-3-21-28-26-18-30(21)17-14-25-22(24-13-10-19-8-6-5-7-9-19)27-20-11-15-29(16-12-20)23(31)32-4-2;/h5-9,18,20H,3-4,10-17H2,1-2H3,(H2,24,25,27);1H. The molecule has 1 aliphatic heterocycles. The Labute approximate surface area is 213 Å². The molecule has 1 aliphatic rings. The second kappa shape index (κ2) is 14.7. The molecule has 1 aromatic heterocycles. The fourth-order valence-electron chi connectivity index (χ4n) is 3.74. The molecule has 0 spiro atoms. The predicted molar refractivity (Wildman–Crippen MR) is 140 cm³/mol. The van der Waals surface area contributed by atoms with Gasteiger partial charge in [-0.15, -0.1) is 34.2 Å². The van der Waals surface area contributed by atoms with Crippen LogP contribution in [-0.4, -0.2) is 70.5 Å². The Kier molecular flexibility index (Phi) is 12.0. The van der Waals surface area contributed by atoms with Crippen LogP contribution in [-0.2, 0) is 24.1 Å². The van der Waals surface area contributed by atoms with Gasteiger partial charge in [-0.25, -0.2) is 4.79 Å². The summed E-state index contributed by atoms with van der Waals surface area (Å²) in [5, 5.41) is 15.2. The molecule has 10 heteroatoms. The lowest BCUT2D eigenvalue weighted by molar-refractivity contribution is 0.0963. The molecule has 0 unspecified atom stereocenters. The number of guanidine groups is 1. The molecule has 0 atom stereocenters. The summed E-state index contributed by atoms with van der Waals surface area (Å²) in [4.78, 5) is 18.5. The van der Waals surface area contributed by atoms with Gasteiger partial charge in [-0.3, -0.25) is 4.99 Å². The smallest absolute Gasteiger partial charge is 0.409 e. The highest BCUT2D eigenvalue weighted by atomic mass is 127. The van der Waals surface area contributed by atoms with Crippen molar-refractivity contribution in [2.75, 3.05) is 32.8 Å². The molecule has 1 aromatic carbocycles. The topological polar surface area (TPSA) is 96.7 Å². The summed E-state index contributed by atoms with van der Waals surface area (Å²) in [5.74, 6) is 1.79. The van der Waals surface area contributed by atoms with Crippen LogP contribution in [0, 0.1) is 0 Å². The van der Waals surface area contributed by atoms with Gasteiger partial charge in [-0.2, -0.15) is 0 Å². The minimum atomic E-state index is -0.221. The summed E-state index contributed by atoms with van der Waals surface area (Å²) >= 11 is 0. The number of hydrogen-bond acceptors (Lipinski definition) is 5. The number of carbonyl (C=O) groups excluding carboxylic acids is 1. The van der Waals surface area contributed by atoms with Gasteiger partial charge in [0.05, 0.1) is 6.61 Å². The number of carbonyl (C=O) groups is 1. The maximum Gasteiger partial charge on any atom is 0.409 e. The lowest BCUT2D eigenvalue weighted by atomic mass is 10.1. The van der Waals surface area contributed by atoms with Crippen LogP contribution in [0.15, 0.2) is 41.7 Å². The molecule has 9 nitrogen and oxygen atoms in total. The minimum Gasteiger partial charge on any atom is -0.450 e. The van der Waals surface area contributed by atoms with Crippen molar-refractivity contribution in [3.63, 3.8) is 0 Å².